The predicted molar refractivity (Wildman–Crippen MR) is 70.0 cm³/mol. The maximum atomic E-state index is 14.0. The van der Waals surface area contributed by atoms with Crippen molar-refractivity contribution in [3.05, 3.63) is 29.6 Å². The number of alkyl halides is 3. The van der Waals surface area contributed by atoms with E-state index in [4.69, 9.17) is 5.73 Å². The molecule has 2 N–H and O–H groups in total. The molecular formula is C14H18F4N2. The molecule has 0 aliphatic carbocycles. The Labute approximate surface area is 115 Å². The molecule has 0 aromatic heterocycles. The van der Waals surface area contributed by atoms with Crippen molar-refractivity contribution in [3.63, 3.8) is 0 Å². The molecule has 2 nitrogen and oxygen atoms in total. The van der Waals surface area contributed by atoms with Crippen LogP contribution in [0.15, 0.2) is 18.2 Å². The van der Waals surface area contributed by atoms with Crippen LogP contribution in [0.2, 0.25) is 0 Å². The van der Waals surface area contributed by atoms with E-state index in [0.29, 0.717) is 12.6 Å². The Morgan fingerprint density at radius 1 is 1.30 bits per heavy atom. The standard InChI is InChI=1S/C14H18F4N2/c1-9(19)12-4-2-3-7-20(12)13-6-5-10(8-11(13)15)14(16,17)18/h5-6,8-9,12H,2-4,7,19H2,1H3. The fourth-order valence-corrected chi connectivity index (χ4v) is 2.72. The van der Waals surface area contributed by atoms with Crippen molar-refractivity contribution < 1.29 is 17.6 Å². The molecular weight excluding hydrogens is 272 g/mol. The van der Waals surface area contributed by atoms with Gasteiger partial charge in [0.1, 0.15) is 5.82 Å². The van der Waals surface area contributed by atoms with Gasteiger partial charge in [0.05, 0.1) is 11.3 Å². The molecule has 1 fully saturated rings. The number of nitrogens with zero attached hydrogens (tertiary/aromatic N) is 1. The Hall–Kier alpha value is -1.30. The lowest BCUT2D eigenvalue weighted by molar-refractivity contribution is -0.137. The van der Waals surface area contributed by atoms with Gasteiger partial charge in [-0.05, 0) is 44.4 Å². The van der Waals surface area contributed by atoms with Gasteiger partial charge in [-0.15, -0.1) is 0 Å². The Morgan fingerprint density at radius 2 is 2.00 bits per heavy atom. The summed E-state index contributed by atoms with van der Waals surface area (Å²) in [4.78, 5) is 1.80. The number of nitrogens with two attached hydrogens (primary N) is 1. The van der Waals surface area contributed by atoms with Gasteiger partial charge < -0.3 is 10.6 Å². The van der Waals surface area contributed by atoms with Crippen LogP contribution in [0.3, 0.4) is 0 Å². The molecule has 1 aliphatic rings. The molecule has 0 bridgehead atoms. The molecule has 0 radical (unpaired) electrons. The van der Waals surface area contributed by atoms with Gasteiger partial charge >= 0.3 is 6.18 Å². The first-order chi connectivity index (χ1) is 9.30. The number of hydrogen-bond acceptors (Lipinski definition) is 2. The summed E-state index contributed by atoms with van der Waals surface area (Å²) in [5.41, 5.74) is 5.14. The zero-order chi connectivity index (χ0) is 14.9. The van der Waals surface area contributed by atoms with Crippen molar-refractivity contribution in [2.24, 2.45) is 5.73 Å². The number of anilines is 1. The third-order valence-electron chi connectivity index (χ3n) is 3.74. The SMILES string of the molecule is CC(N)C1CCCCN1c1ccc(C(F)(F)F)cc1F. The van der Waals surface area contributed by atoms with Gasteiger partial charge in [0.2, 0.25) is 0 Å². The molecule has 2 rings (SSSR count). The fraction of sp³-hybridized carbons (Fsp3) is 0.571. The van der Waals surface area contributed by atoms with Crippen molar-refractivity contribution in [3.8, 4) is 0 Å². The molecule has 0 spiro atoms. The van der Waals surface area contributed by atoms with Gasteiger partial charge in [-0.1, -0.05) is 0 Å². The topological polar surface area (TPSA) is 29.3 Å². The first-order valence-electron chi connectivity index (χ1n) is 6.69. The van der Waals surface area contributed by atoms with Crippen LogP contribution >= 0.6 is 0 Å². The summed E-state index contributed by atoms with van der Waals surface area (Å²) < 4.78 is 51.7. The second-order valence-corrected chi connectivity index (χ2v) is 5.28. The molecule has 6 heteroatoms. The molecule has 0 saturated carbocycles. The highest BCUT2D eigenvalue weighted by Crippen LogP contribution is 2.34. The molecule has 20 heavy (non-hydrogen) atoms. The maximum Gasteiger partial charge on any atom is 0.416 e. The van der Waals surface area contributed by atoms with Crippen LogP contribution in [0.4, 0.5) is 23.2 Å². The fourth-order valence-electron chi connectivity index (χ4n) is 2.72. The van der Waals surface area contributed by atoms with Crippen molar-refractivity contribution in [2.75, 3.05) is 11.4 Å². The van der Waals surface area contributed by atoms with Crippen molar-refractivity contribution in [2.45, 2.75) is 44.4 Å². The Balaban J connectivity index is 2.32. The van der Waals surface area contributed by atoms with Crippen molar-refractivity contribution in [1.82, 2.24) is 0 Å². The molecule has 2 unspecified atom stereocenters. The monoisotopic (exact) mass is 290 g/mol. The zero-order valence-corrected chi connectivity index (χ0v) is 11.3. The minimum Gasteiger partial charge on any atom is -0.365 e. The second kappa shape index (κ2) is 5.60. The van der Waals surface area contributed by atoms with E-state index in [0.717, 1.165) is 25.3 Å². The zero-order valence-electron chi connectivity index (χ0n) is 11.3. The molecule has 1 saturated heterocycles. The Bertz CT molecular complexity index is 471. The van der Waals surface area contributed by atoms with Crippen LogP contribution in [0.25, 0.3) is 0 Å². The molecule has 0 amide bonds. The normalized spacial score (nSPS) is 21.9. The van der Waals surface area contributed by atoms with Crippen LogP contribution < -0.4 is 10.6 Å². The van der Waals surface area contributed by atoms with E-state index in [1.807, 2.05) is 6.92 Å². The van der Waals surface area contributed by atoms with E-state index in [9.17, 15) is 17.6 Å². The van der Waals surface area contributed by atoms with Crippen LogP contribution in [0, 0.1) is 5.82 Å². The Morgan fingerprint density at radius 3 is 2.55 bits per heavy atom. The van der Waals surface area contributed by atoms with Gasteiger partial charge in [-0.2, -0.15) is 13.2 Å². The largest absolute Gasteiger partial charge is 0.416 e. The van der Waals surface area contributed by atoms with Gasteiger partial charge in [-0.3, -0.25) is 0 Å². The number of piperidine rings is 1. The molecule has 1 aliphatic heterocycles. The summed E-state index contributed by atoms with van der Waals surface area (Å²) >= 11 is 0. The number of benzene rings is 1. The predicted octanol–water partition coefficient (Wildman–Crippen LogP) is 3.55. The summed E-state index contributed by atoms with van der Waals surface area (Å²) in [7, 11) is 0. The average molecular weight is 290 g/mol. The Kier molecular flexibility index (Phi) is 4.22. The summed E-state index contributed by atoms with van der Waals surface area (Å²) in [6, 6.07) is 2.50. The molecule has 112 valence electrons. The highest BCUT2D eigenvalue weighted by atomic mass is 19.4. The summed E-state index contributed by atoms with van der Waals surface area (Å²) in [6.07, 6.45) is -1.80. The minimum absolute atomic E-state index is 0.0324. The lowest BCUT2D eigenvalue weighted by atomic mass is 9.96. The molecule has 1 aromatic rings. The van der Waals surface area contributed by atoms with E-state index in [1.54, 1.807) is 4.90 Å². The van der Waals surface area contributed by atoms with Crippen LogP contribution in [0.5, 0.6) is 0 Å². The third kappa shape index (κ3) is 3.06. The van der Waals surface area contributed by atoms with Gasteiger partial charge in [0, 0.05) is 18.6 Å². The van der Waals surface area contributed by atoms with Gasteiger partial charge in [-0.25, -0.2) is 4.39 Å². The van der Waals surface area contributed by atoms with E-state index in [-0.39, 0.29) is 17.8 Å². The van der Waals surface area contributed by atoms with E-state index in [1.165, 1.54) is 6.07 Å². The van der Waals surface area contributed by atoms with E-state index in [2.05, 4.69) is 0 Å². The highest BCUT2D eigenvalue weighted by Gasteiger charge is 2.33. The first-order valence-corrected chi connectivity index (χ1v) is 6.69. The smallest absolute Gasteiger partial charge is 0.365 e. The first kappa shape index (κ1) is 15.1. The van der Waals surface area contributed by atoms with E-state index < -0.39 is 17.6 Å². The number of hydrogen-bond donors (Lipinski definition) is 1. The highest BCUT2D eigenvalue weighted by molar-refractivity contribution is 5.51. The lowest BCUT2D eigenvalue weighted by Gasteiger charge is -2.40. The van der Waals surface area contributed by atoms with Crippen LogP contribution in [-0.4, -0.2) is 18.6 Å². The lowest BCUT2D eigenvalue weighted by Crippen LogP contribution is -2.49. The van der Waals surface area contributed by atoms with Gasteiger partial charge in [0.25, 0.3) is 0 Å². The minimum atomic E-state index is -4.53. The molecule has 1 aromatic carbocycles. The number of rotatable bonds is 2. The third-order valence-corrected chi connectivity index (χ3v) is 3.74. The van der Waals surface area contributed by atoms with Crippen LogP contribution in [0.1, 0.15) is 31.7 Å². The molecule has 1 heterocycles. The summed E-state index contributed by atoms with van der Waals surface area (Å²) in [6.45, 7) is 2.46. The second-order valence-electron chi connectivity index (χ2n) is 5.28. The quantitative estimate of drug-likeness (QED) is 0.844. The average Bonchev–Trinajstić information content (AvgIpc) is 2.37. The van der Waals surface area contributed by atoms with E-state index >= 15 is 0 Å². The maximum absolute atomic E-state index is 14.0. The van der Waals surface area contributed by atoms with Crippen molar-refractivity contribution >= 4 is 5.69 Å². The van der Waals surface area contributed by atoms with Gasteiger partial charge in [0.15, 0.2) is 0 Å². The summed E-state index contributed by atoms with van der Waals surface area (Å²) in [5, 5.41) is 0. The van der Waals surface area contributed by atoms with Crippen LogP contribution in [-0.2, 0) is 6.18 Å². The van der Waals surface area contributed by atoms with Crippen molar-refractivity contribution in [1.29, 1.82) is 0 Å². The number of halogens is 4. The molecule has 2 atom stereocenters. The summed E-state index contributed by atoms with van der Waals surface area (Å²) in [5.74, 6) is -0.840.